The lowest BCUT2D eigenvalue weighted by molar-refractivity contribution is -0.123. The lowest BCUT2D eigenvalue weighted by atomic mass is 9.96. The van der Waals surface area contributed by atoms with Crippen LogP contribution in [0.1, 0.15) is 19.8 Å². The SMILES string of the molecule is CNC(C)(CCCSc1ccc(Cl)c(Cl)c1)C(N)=O. The van der Waals surface area contributed by atoms with Crippen molar-refractivity contribution in [3.8, 4) is 0 Å². The third-order valence-electron chi connectivity index (χ3n) is 3.08. The number of benzene rings is 1. The van der Waals surface area contributed by atoms with Crippen LogP contribution in [0.5, 0.6) is 0 Å². The molecule has 0 radical (unpaired) electrons. The molecule has 0 saturated carbocycles. The van der Waals surface area contributed by atoms with Crippen molar-refractivity contribution in [1.29, 1.82) is 0 Å². The van der Waals surface area contributed by atoms with Crippen LogP contribution in [-0.2, 0) is 4.79 Å². The summed E-state index contributed by atoms with van der Waals surface area (Å²) in [5.41, 5.74) is 4.73. The molecule has 3 N–H and O–H groups in total. The number of hydrogen-bond acceptors (Lipinski definition) is 3. The molecule has 1 unspecified atom stereocenters. The highest BCUT2D eigenvalue weighted by Crippen LogP contribution is 2.28. The zero-order chi connectivity index (χ0) is 14.5. The number of primary amides is 1. The van der Waals surface area contributed by atoms with Gasteiger partial charge in [0.25, 0.3) is 0 Å². The second-order valence-electron chi connectivity index (χ2n) is 4.47. The number of nitrogens with two attached hydrogens (primary N) is 1. The first-order chi connectivity index (χ1) is 8.89. The molecule has 0 aliphatic rings. The summed E-state index contributed by atoms with van der Waals surface area (Å²) in [6.07, 6.45) is 1.58. The predicted octanol–water partition coefficient (Wildman–Crippen LogP) is 3.33. The fourth-order valence-electron chi connectivity index (χ4n) is 1.55. The Morgan fingerprint density at radius 1 is 1.42 bits per heavy atom. The Kier molecular flexibility index (Phi) is 6.47. The van der Waals surface area contributed by atoms with E-state index in [1.54, 1.807) is 24.9 Å². The van der Waals surface area contributed by atoms with Crippen LogP contribution in [0.3, 0.4) is 0 Å². The molecule has 1 aromatic carbocycles. The molecule has 0 saturated heterocycles. The molecule has 6 heteroatoms. The summed E-state index contributed by atoms with van der Waals surface area (Å²) in [6, 6.07) is 5.57. The molecule has 3 nitrogen and oxygen atoms in total. The summed E-state index contributed by atoms with van der Waals surface area (Å²) in [4.78, 5) is 12.4. The van der Waals surface area contributed by atoms with E-state index >= 15 is 0 Å². The predicted molar refractivity (Wildman–Crippen MR) is 83.1 cm³/mol. The Hall–Kier alpha value is -0.420. The van der Waals surface area contributed by atoms with E-state index in [0.29, 0.717) is 16.5 Å². The molecule has 0 aliphatic carbocycles. The number of carbonyl (C=O) groups is 1. The summed E-state index contributed by atoms with van der Waals surface area (Å²) in [6.45, 7) is 1.82. The van der Waals surface area contributed by atoms with E-state index in [2.05, 4.69) is 5.32 Å². The van der Waals surface area contributed by atoms with Crippen molar-refractivity contribution in [2.45, 2.75) is 30.2 Å². The van der Waals surface area contributed by atoms with E-state index < -0.39 is 5.54 Å². The quantitative estimate of drug-likeness (QED) is 0.598. The van der Waals surface area contributed by atoms with E-state index in [1.807, 2.05) is 19.1 Å². The molecule has 1 aromatic rings. The second kappa shape index (κ2) is 7.39. The summed E-state index contributed by atoms with van der Waals surface area (Å²) >= 11 is 13.5. The minimum Gasteiger partial charge on any atom is -0.368 e. The Bertz CT molecular complexity index is 456. The molecule has 0 aliphatic heterocycles. The van der Waals surface area contributed by atoms with Gasteiger partial charge < -0.3 is 11.1 Å². The maximum atomic E-state index is 11.3. The Morgan fingerprint density at radius 3 is 2.63 bits per heavy atom. The van der Waals surface area contributed by atoms with Gasteiger partial charge in [0, 0.05) is 4.90 Å². The van der Waals surface area contributed by atoms with Gasteiger partial charge in [-0.3, -0.25) is 4.79 Å². The zero-order valence-electron chi connectivity index (χ0n) is 11.0. The molecule has 1 amide bonds. The van der Waals surface area contributed by atoms with Gasteiger partial charge in [-0.25, -0.2) is 0 Å². The normalized spacial score (nSPS) is 14.1. The van der Waals surface area contributed by atoms with Crippen LogP contribution in [0.4, 0.5) is 0 Å². The van der Waals surface area contributed by atoms with Crippen molar-refractivity contribution in [1.82, 2.24) is 5.32 Å². The Labute approximate surface area is 128 Å². The van der Waals surface area contributed by atoms with Crippen molar-refractivity contribution in [2.75, 3.05) is 12.8 Å². The maximum Gasteiger partial charge on any atom is 0.237 e. The first kappa shape index (κ1) is 16.6. The van der Waals surface area contributed by atoms with Crippen LogP contribution >= 0.6 is 35.0 Å². The lowest BCUT2D eigenvalue weighted by Gasteiger charge is -2.25. The third kappa shape index (κ3) is 4.88. The number of likely N-dealkylation sites (N-methyl/N-ethyl adjacent to an activating group) is 1. The van der Waals surface area contributed by atoms with E-state index in [4.69, 9.17) is 28.9 Å². The van der Waals surface area contributed by atoms with Crippen LogP contribution in [0, 0.1) is 0 Å². The minimum atomic E-state index is -0.641. The highest BCUT2D eigenvalue weighted by molar-refractivity contribution is 7.99. The summed E-state index contributed by atoms with van der Waals surface area (Å²) in [5, 5.41) is 4.09. The first-order valence-corrected chi connectivity index (χ1v) is 7.70. The van der Waals surface area contributed by atoms with E-state index in [0.717, 1.165) is 17.1 Å². The summed E-state index contributed by atoms with van der Waals surface area (Å²) < 4.78 is 0. The number of nitrogens with one attached hydrogen (secondary N) is 1. The number of hydrogen-bond donors (Lipinski definition) is 2. The second-order valence-corrected chi connectivity index (χ2v) is 6.46. The standard InChI is InChI=1S/C13H18Cl2N2OS/c1-13(17-2,12(16)18)6-3-7-19-9-4-5-10(14)11(15)8-9/h4-5,8,17H,3,6-7H2,1-2H3,(H2,16,18). The average molecular weight is 321 g/mol. The van der Waals surface area contributed by atoms with Crippen LogP contribution < -0.4 is 11.1 Å². The van der Waals surface area contributed by atoms with Crippen LogP contribution in [0.25, 0.3) is 0 Å². The van der Waals surface area contributed by atoms with E-state index in [9.17, 15) is 4.79 Å². The number of carbonyl (C=O) groups excluding carboxylic acids is 1. The summed E-state index contributed by atoms with van der Waals surface area (Å²) in [5.74, 6) is 0.567. The molecule has 106 valence electrons. The largest absolute Gasteiger partial charge is 0.368 e. The molecular formula is C13H18Cl2N2OS. The Morgan fingerprint density at radius 2 is 2.11 bits per heavy atom. The number of amides is 1. The lowest BCUT2D eigenvalue weighted by Crippen LogP contribution is -2.51. The van der Waals surface area contributed by atoms with Gasteiger partial charge in [-0.15, -0.1) is 11.8 Å². The van der Waals surface area contributed by atoms with Crippen molar-refractivity contribution < 1.29 is 4.79 Å². The fraction of sp³-hybridized carbons (Fsp3) is 0.462. The van der Waals surface area contributed by atoms with Crippen LogP contribution in [0.15, 0.2) is 23.1 Å². The molecule has 0 fully saturated rings. The molecule has 0 bridgehead atoms. The number of halogens is 2. The van der Waals surface area contributed by atoms with Gasteiger partial charge in [-0.1, -0.05) is 23.2 Å². The van der Waals surface area contributed by atoms with E-state index in [-0.39, 0.29) is 5.91 Å². The average Bonchev–Trinajstić information content (AvgIpc) is 2.38. The van der Waals surface area contributed by atoms with Gasteiger partial charge in [0.05, 0.1) is 15.6 Å². The van der Waals surface area contributed by atoms with E-state index in [1.165, 1.54) is 0 Å². The maximum absolute atomic E-state index is 11.3. The molecular weight excluding hydrogens is 303 g/mol. The van der Waals surface area contributed by atoms with Gasteiger partial charge in [0.2, 0.25) is 5.91 Å². The fourth-order valence-corrected chi connectivity index (χ4v) is 2.81. The molecule has 0 spiro atoms. The van der Waals surface area contributed by atoms with Crippen molar-refractivity contribution in [3.63, 3.8) is 0 Å². The van der Waals surface area contributed by atoms with Crippen molar-refractivity contribution in [2.24, 2.45) is 5.73 Å². The van der Waals surface area contributed by atoms with Crippen molar-refractivity contribution in [3.05, 3.63) is 28.2 Å². The Balaban J connectivity index is 2.42. The topological polar surface area (TPSA) is 55.1 Å². The molecule has 0 heterocycles. The van der Waals surface area contributed by atoms with Gasteiger partial charge in [0.15, 0.2) is 0 Å². The smallest absolute Gasteiger partial charge is 0.237 e. The molecule has 0 aromatic heterocycles. The highest BCUT2D eigenvalue weighted by Gasteiger charge is 2.27. The van der Waals surface area contributed by atoms with Crippen LogP contribution in [0.2, 0.25) is 10.0 Å². The highest BCUT2D eigenvalue weighted by atomic mass is 35.5. The monoisotopic (exact) mass is 320 g/mol. The molecule has 19 heavy (non-hydrogen) atoms. The van der Waals surface area contributed by atoms with Gasteiger partial charge in [0.1, 0.15) is 0 Å². The minimum absolute atomic E-state index is 0.325. The van der Waals surface area contributed by atoms with Gasteiger partial charge >= 0.3 is 0 Å². The van der Waals surface area contributed by atoms with Crippen molar-refractivity contribution >= 4 is 40.9 Å². The molecule has 1 rings (SSSR count). The van der Waals surface area contributed by atoms with Gasteiger partial charge in [-0.05, 0) is 50.8 Å². The number of rotatable bonds is 7. The first-order valence-electron chi connectivity index (χ1n) is 5.96. The third-order valence-corrected chi connectivity index (χ3v) is 4.90. The van der Waals surface area contributed by atoms with Crippen LogP contribution in [-0.4, -0.2) is 24.2 Å². The zero-order valence-corrected chi connectivity index (χ0v) is 13.3. The molecule has 1 atom stereocenters. The number of thioether (sulfide) groups is 1. The summed E-state index contributed by atoms with van der Waals surface area (Å²) in [7, 11) is 1.75. The van der Waals surface area contributed by atoms with Gasteiger partial charge in [-0.2, -0.15) is 0 Å².